The Morgan fingerprint density at radius 2 is 1.70 bits per heavy atom. The van der Waals surface area contributed by atoms with Crippen LogP contribution in [0.5, 0.6) is 0 Å². The Morgan fingerprint density at radius 1 is 1.00 bits per heavy atom. The monoisotopic (exact) mass is 363 g/mol. The number of Topliss-reactive ketones (excluding diaryl/α,β-unsaturated/α-hetero) is 1. The fraction of sp³-hybridized carbons (Fsp3) is 0.304. The maximum Gasteiger partial charge on any atom is 0.232 e. The predicted octanol–water partition coefficient (Wildman–Crippen LogP) is 4.97. The second kappa shape index (κ2) is 6.76. The standard InChI is InChI=1S/C23H22FNO2/c1-14-10-15(2)12-16(11-14)25-20-8-5-9-21(26)23(20)18(13-22(25)27)17-6-3-4-7-19(17)24/h3-4,6-7,10-12,18H,5,8-9,13H2,1-2H3. The van der Waals surface area contributed by atoms with Gasteiger partial charge in [0.25, 0.3) is 0 Å². The van der Waals surface area contributed by atoms with Crippen molar-refractivity contribution < 1.29 is 14.0 Å². The first kappa shape index (κ1) is 17.7. The molecule has 4 rings (SSSR count). The van der Waals surface area contributed by atoms with Crippen molar-refractivity contribution in [2.75, 3.05) is 4.90 Å². The van der Waals surface area contributed by atoms with Crippen LogP contribution in [0.1, 0.15) is 48.3 Å². The third kappa shape index (κ3) is 3.09. The highest BCUT2D eigenvalue weighted by Gasteiger charge is 2.40. The van der Waals surface area contributed by atoms with Crippen molar-refractivity contribution in [3.8, 4) is 0 Å². The van der Waals surface area contributed by atoms with Gasteiger partial charge in [-0.2, -0.15) is 0 Å². The number of allylic oxidation sites excluding steroid dienone is 2. The number of ketones is 1. The van der Waals surface area contributed by atoms with Crippen molar-refractivity contribution in [2.24, 2.45) is 0 Å². The molecule has 1 atom stereocenters. The first-order valence-electron chi connectivity index (χ1n) is 9.37. The van der Waals surface area contributed by atoms with Crippen molar-refractivity contribution in [3.63, 3.8) is 0 Å². The van der Waals surface area contributed by atoms with E-state index in [2.05, 4.69) is 6.07 Å². The summed E-state index contributed by atoms with van der Waals surface area (Å²) < 4.78 is 14.5. The largest absolute Gasteiger partial charge is 0.294 e. The molecule has 1 aliphatic carbocycles. The normalized spacial score (nSPS) is 20.1. The first-order chi connectivity index (χ1) is 13.0. The molecule has 0 aromatic heterocycles. The zero-order chi connectivity index (χ0) is 19.1. The van der Waals surface area contributed by atoms with Crippen molar-refractivity contribution in [2.45, 2.75) is 45.4 Å². The number of anilines is 1. The average Bonchev–Trinajstić information content (AvgIpc) is 2.60. The van der Waals surface area contributed by atoms with Gasteiger partial charge in [-0.25, -0.2) is 4.39 Å². The van der Waals surface area contributed by atoms with Crippen LogP contribution in [0.4, 0.5) is 10.1 Å². The molecule has 2 aliphatic rings. The maximum absolute atomic E-state index is 14.5. The van der Waals surface area contributed by atoms with Crippen LogP contribution in [0.3, 0.4) is 0 Å². The minimum atomic E-state index is -0.497. The molecule has 1 unspecified atom stereocenters. The summed E-state index contributed by atoms with van der Waals surface area (Å²) in [5.41, 5.74) is 4.74. The highest BCUT2D eigenvalue weighted by Crippen LogP contribution is 2.44. The van der Waals surface area contributed by atoms with Crippen molar-refractivity contribution in [1.29, 1.82) is 0 Å². The Balaban J connectivity index is 1.90. The van der Waals surface area contributed by atoms with Gasteiger partial charge in [-0.05, 0) is 61.6 Å². The van der Waals surface area contributed by atoms with E-state index >= 15 is 0 Å². The molecule has 0 N–H and O–H groups in total. The number of amides is 1. The number of hydrogen-bond acceptors (Lipinski definition) is 2. The maximum atomic E-state index is 14.5. The van der Waals surface area contributed by atoms with Crippen LogP contribution < -0.4 is 4.90 Å². The average molecular weight is 363 g/mol. The number of carbonyl (C=O) groups is 2. The summed E-state index contributed by atoms with van der Waals surface area (Å²) in [6.07, 6.45) is 1.94. The van der Waals surface area contributed by atoms with Crippen LogP contribution in [0.15, 0.2) is 53.7 Å². The smallest absolute Gasteiger partial charge is 0.232 e. The summed E-state index contributed by atoms with van der Waals surface area (Å²) in [6.45, 7) is 3.99. The van der Waals surface area contributed by atoms with E-state index in [0.717, 1.165) is 28.9 Å². The summed E-state index contributed by atoms with van der Waals surface area (Å²) >= 11 is 0. The Hall–Kier alpha value is -2.75. The quantitative estimate of drug-likeness (QED) is 0.755. The third-order valence-corrected chi connectivity index (χ3v) is 5.42. The second-order valence-corrected chi connectivity index (χ2v) is 7.49. The zero-order valence-corrected chi connectivity index (χ0v) is 15.6. The number of halogens is 1. The van der Waals surface area contributed by atoms with Crippen LogP contribution in [-0.2, 0) is 9.59 Å². The van der Waals surface area contributed by atoms with E-state index in [9.17, 15) is 14.0 Å². The van der Waals surface area contributed by atoms with Crippen LogP contribution in [0.25, 0.3) is 0 Å². The van der Waals surface area contributed by atoms with E-state index < -0.39 is 5.92 Å². The molecule has 3 nitrogen and oxygen atoms in total. The minimum Gasteiger partial charge on any atom is -0.294 e. The van der Waals surface area contributed by atoms with Gasteiger partial charge < -0.3 is 0 Å². The SMILES string of the molecule is Cc1cc(C)cc(N2C(=O)CC(c3ccccc3F)C3=C2CCCC3=O)c1. The molecule has 1 heterocycles. The number of aryl methyl sites for hydroxylation is 2. The molecule has 4 heteroatoms. The predicted molar refractivity (Wildman–Crippen MR) is 103 cm³/mol. The minimum absolute atomic E-state index is 0.0337. The van der Waals surface area contributed by atoms with Crippen LogP contribution >= 0.6 is 0 Å². The van der Waals surface area contributed by atoms with Gasteiger partial charge in [0.05, 0.1) is 0 Å². The number of nitrogens with zero attached hydrogens (tertiary/aromatic N) is 1. The van der Waals surface area contributed by atoms with E-state index in [0.29, 0.717) is 24.0 Å². The number of benzene rings is 2. The Morgan fingerprint density at radius 3 is 2.41 bits per heavy atom. The molecule has 0 spiro atoms. The van der Waals surface area contributed by atoms with Gasteiger partial charge in [-0.15, -0.1) is 0 Å². The summed E-state index contributed by atoms with van der Waals surface area (Å²) in [5.74, 6) is -0.905. The molecule has 0 bridgehead atoms. The lowest BCUT2D eigenvalue weighted by Crippen LogP contribution is -2.40. The Bertz CT molecular complexity index is 956. The molecular weight excluding hydrogens is 341 g/mol. The molecule has 1 aliphatic heterocycles. The first-order valence-corrected chi connectivity index (χ1v) is 9.37. The number of carbonyl (C=O) groups excluding carboxylic acids is 2. The summed E-state index contributed by atoms with van der Waals surface area (Å²) in [5, 5.41) is 0. The second-order valence-electron chi connectivity index (χ2n) is 7.49. The van der Waals surface area contributed by atoms with E-state index in [4.69, 9.17) is 0 Å². The van der Waals surface area contributed by atoms with Crippen molar-refractivity contribution in [1.82, 2.24) is 0 Å². The topological polar surface area (TPSA) is 37.4 Å². The lowest BCUT2D eigenvalue weighted by molar-refractivity contribution is -0.119. The lowest BCUT2D eigenvalue weighted by atomic mass is 9.77. The summed E-state index contributed by atoms with van der Waals surface area (Å²) in [7, 11) is 0. The van der Waals surface area contributed by atoms with Crippen molar-refractivity contribution >= 4 is 17.4 Å². The molecule has 2 aromatic carbocycles. The van der Waals surface area contributed by atoms with E-state index in [1.165, 1.54) is 6.07 Å². The fourth-order valence-corrected chi connectivity index (χ4v) is 4.40. The molecule has 0 saturated heterocycles. The Labute approximate surface area is 158 Å². The van der Waals surface area contributed by atoms with Gasteiger partial charge >= 0.3 is 0 Å². The van der Waals surface area contributed by atoms with Gasteiger partial charge in [0.15, 0.2) is 5.78 Å². The molecule has 1 amide bonds. The van der Waals surface area contributed by atoms with Crippen LogP contribution in [0, 0.1) is 19.7 Å². The van der Waals surface area contributed by atoms with E-state index in [1.807, 2.05) is 26.0 Å². The zero-order valence-electron chi connectivity index (χ0n) is 15.6. The summed E-state index contributed by atoms with van der Waals surface area (Å²) in [4.78, 5) is 27.7. The molecule has 0 radical (unpaired) electrons. The van der Waals surface area contributed by atoms with Gasteiger partial charge in [-0.3, -0.25) is 14.5 Å². The molecule has 27 heavy (non-hydrogen) atoms. The summed E-state index contributed by atoms with van der Waals surface area (Å²) in [6, 6.07) is 12.5. The van der Waals surface area contributed by atoms with E-state index in [1.54, 1.807) is 23.1 Å². The molecule has 2 aromatic rings. The Kier molecular flexibility index (Phi) is 4.42. The lowest BCUT2D eigenvalue weighted by Gasteiger charge is -2.38. The molecule has 0 saturated carbocycles. The number of rotatable bonds is 2. The van der Waals surface area contributed by atoms with Crippen LogP contribution in [0.2, 0.25) is 0 Å². The van der Waals surface area contributed by atoms with Gasteiger partial charge in [0.1, 0.15) is 5.82 Å². The third-order valence-electron chi connectivity index (χ3n) is 5.42. The van der Waals surface area contributed by atoms with E-state index in [-0.39, 0.29) is 23.9 Å². The number of hydrogen-bond donors (Lipinski definition) is 0. The van der Waals surface area contributed by atoms with Gasteiger partial charge in [0.2, 0.25) is 5.91 Å². The van der Waals surface area contributed by atoms with Gasteiger partial charge in [-0.1, -0.05) is 24.3 Å². The molecule has 138 valence electrons. The van der Waals surface area contributed by atoms with Crippen molar-refractivity contribution in [3.05, 3.63) is 76.2 Å². The highest BCUT2D eigenvalue weighted by atomic mass is 19.1. The van der Waals surface area contributed by atoms with Gasteiger partial charge in [0, 0.05) is 35.7 Å². The van der Waals surface area contributed by atoms with Crippen LogP contribution in [-0.4, -0.2) is 11.7 Å². The fourth-order valence-electron chi connectivity index (χ4n) is 4.40. The highest BCUT2D eigenvalue weighted by molar-refractivity contribution is 6.07. The molecule has 0 fully saturated rings. The molecular formula is C23H22FNO2.